The minimum atomic E-state index is -1.28. The number of likely N-dealkylation sites (tertiary alicyclic amines) is 1. The lowest BCUT2D eigenvalue weighted by atomic mass is 9.70. The van der Waals surface area contributed by atoms with Gasteiger partial charge in [-0.25, -0.2) is 0 Å². The number of aliphatic hydroxyl groups excluding tert-OH is 1. The monoisotopic (exact) mass is 701 g/mol. The van der Waals surface area contributed by atoms with Crippen LogP contribution in [0.2, 0.25) is 0 Å². The topological polar surface area (TPSA) is 125 Å². The van der Waals surface area contributed by atoms with Gasteiger partial charge in [0.05, 0.1) is 37.1 Å². The molecule has 2 bridgehead atoms. The average Bonchev–Trinajstić information content (AvgIpc) is 3.64. The third-order valence-corrected chi connectivity index (χ3v) is 10.2. The Bertz CT molecular complexity index is 1260. The van der Waals surface area contributed by atoms with Crippen LogP contribution in [0.3, 0.4) is 0 Å². The number of unbranched alkanes of at least 4 members (excludes halogenated alkanes) is 2. The number of hydrogen-bond acceptors (Lipinski definition) is 7. The Morgan fingerprint density at radius 2 is 1.98 bits per heavy atom. The van der Waals surface area contributed by atoms with Gasteiger partial charge in [0, 0.05) is 24.3 Å². The molecule has 0 aliphatic carbocycles. The van der Waals surface area contributed by atoms with Gasteiger partial charge in [-0.1, -0.05) is 78.2 Å². The zero-order valence-corrected chi connectivity index (χ0v) is 28.5. The van der Waals surface area contributed by atoms with Crippen LogP contribution in [0.1, 0.15) is 57.9 Å². The number of nitrogens with zero attached hydrogens (tertiary/aromatic N) is 2. The molecule has 11 heteroatoms. The van der Waals surface area contributed by atoms with Gasteiger partial charge >= 0.3 is 5.97 Å². The Hall–Kier alpha value is -3.02. The second-order valence-corrected chi connectivity index (χ2v) is 13.8. The van der Waals surface area contributed by atoms with Crippen LogP contribution in [-0.4, -0.2) is 99.6 Å². The highest BCUT2D eigenvalue weighted by atomic mass is 79.9. The number of carbonyl (C=O) groups is 4. The summed E-state index contributed by atoms with van der Waals surface area (Å²) in [6, 6.07) is 7.75. The lowest BCUT2D eigenvalue weighted by Crippen LogP contribution is -2.59. The van der Waals surface area contributed by atoms with Gasteiger partial charge in [0.25, 0.3) is 0 Å². The number of aliphatic hydroxyl groups is 1. The van der Waals surface area contributed by atoms with Crippen molar-refractivity contribution in [1.82, 2.24) is 15.1 Å². The van der Waals surface area contributed by atoms with E-state index in [0.717, 1.165) is 24.8 Å². The first-order valence-electron chi connectivity index (χ1n) is 16.4. The van der Waals surface area contributed by atoms with Gasteiger partial charge in [0.15, 0.2) is 0 Å². The summed E-state index contributed by atoms with van der Waals surface area (Å²) in [7, 11) is 0. The molecular weight excluding hydrogens is 654 g/mol. The second kappa shape index (κ2) is 16.2. The predicted molar refractivity (Wildman–Crippen MR) is 178 cm³/mol. The van der Waals surface area contributed by atoms with E-state index in [-0.39, 0.29) is 36.2 Å². The Balaban J connectivity index is 1.67. The smallest absolute Gasteiger partial charge is 0.312 e. The highest BCUT2D eigenvalue weighted by molar-refractivity contribution is 9.09. The number of carbonyl (C=O) groups excluding carboxylic acids is 4. The molecule has 3 aliphatic rings. The van der Waals surface area contributed by atoms with Crippen molar-refractivity contribution in [3.63, 3.8) is 0 Å². The van der Waals surface area contributed by atoms with Crippen LogP contribution >= 0.6 is 15.9 Å². The Morgan fingerprint density at radius 3 is 2.63 bits per heavy atom. The fourth-order valence-electron chi connectivity index (χ4n) is 7.22. The van der Waals surface area contributed by atoms with Gasteiger partial charge in [-0.3, -0.25) is 19.2 Å². The maximum Gasteiger partial charge on any atom is 0.312 e. The number of nitrogens with one attached hydrogen (secondary N) is 1. The van der Waals surface area contributed by atoms with E-state index in [1.807, 2.05) is 30.3 Å². The van der Waals surface area contributed by atoms with Crippen LogP contribution < -0.4 is 5.32 Å². The SMILES string of the molecule is C=CCCC(=O)NC[C@H](C)OC(=O)[C@@H]1[C@H]2O[C@@]3(CC2Br)[C@H](C(=O)N(CC=C)CCCCC)N([C@@H](CO)Cc2ccccc2)C(=O)[C@@H]13. The molecule has 0 saturated carbocycles. The largest absolute Gasteiger partial charge is 0.460 e. The molecule has 0 aromatic heterocycles. The predicted octanol–water partition coefficient (Wildman–Crippen LogP) is 3.56. The van der Waals surface area contributed by atoms with Crippen LogP contribution in [-0.2, 0) is 35.1 Å². The van der Waals surface area contributed by atoms with E-state index in [1.54, 1.807) is 24.0 Å². The molecule has 1 aromatic rings. The third-order valence-electron chi connectivity index (χ3n) is 9.32. The molecule has 0 radical (unpaired) electrons. The summed E-state index contributed by atoms with van der Waals surface area (Å²) in [6.45, 7) is 11.8. The molecule has 46 heavy (non-hydrogen) atoms. The number of hydrogen-bond donors (Lipinski definition) is 2. The highest BCUT2D eigenvalue weighted by Gasteiger charge is 2.77. The van der Waals surface area contributed by atoms with E-state index in [9.17, 15) is 24.3 Å². The number of fused-ring (bicyclic) bond motifs is 1. The van der Waals surface area contributed by atoms with Crippen LogP contribution in [0.4, 0.5) is 0 Å². The molecule has 252 valence electrons. The summed E-state index contributed by atoms with van der Waals surface area (Å²) in [5.74, 6) is -3.38. The highest BCUT2D eigenvalue weighted by Crippen LogP contribution is 2.60. The maximum absolute atomic E-state index is 14.6. The molecule has 3 amide bonds. The van der Waals surface area contributed by atoms with E-state index in [0.29, 0.717) is 32.4 Å². The normalized spacial score (nSPS) is 27.5. The van der Waals surface area contributed by atoms with Crippen molar-refractivity contribution in [2.24, 2.45) is 11.8 Å². The molecule has 1 unspecified atom stereocenters. The minimum absolute atomic E-state index is 0.118. The number of alkyl halides is 1. The number of rotatable bonds is 18. The molecule has 3 heterocycles. The quantitative estimate of drug-likeness (QED) is 0.104. The number of allylic oxidation sites excluding steroid dienone is 1. The first-order chi connectivity index (χ1) is 22.1. The van der Waals surface area contributed by atoms with E-state index in [2.05, 4.69) is 41.3 Å². The van der Waals surface area contributed by atoms with Gasteiger partial charge in [-0.05, 0) is 38.2 Å². The van der Waals surface area contributed by atoms with Crippen molar-refractivity contribution in [1.29, 1.82) is 0 Å². The molecular formula is C35H48BrN3O7. The number of esters is 1. The molecule has 8 atom stereocenters. The molecule has 3 fully saturated rings. The van der Waals surface area contributed by atoms with Gasteiger partial charge in [-0.15, -0.1) is 13.2 Å². The number of halogens is 1. The summed E-state index contributed by atoms with van der Waals surface area (Å²) in [4.78, 5) is 58.1. The van der Waals surface area contributed by atoms with Gasteiger partial charge in [0.1, 0.15) is 17.7 Å². The van der Waals surface area contributed by atoms with Crippen molar-refractivity contribution < 1.29 is 33.8 Å². The van der Waals surface area contributed by atoms with Crippen LogP contribution in [0.25, 0.3) is 0 Å². The van der Waals surface area contributed by atoms with Crippen molar-refractivity contribution in [3.05, 3.63) is 61.2 Å². The molecule has 2 N–H and O–H groups in total. The third kappa shape index (κ3) is 7.42. The second-order valence-electron chi connectivity index (χ2n) is 12.6. The van der Waals surface area contributed by atoms with E-state index >= 15 is 0 Å². The first-order valence-corrected chi connectivity index (χ1v) is 17.3. The zero-order chi connectivity index (χ0) is 33.4. The molecule has 4 rings (SSSR count). The van der Waals surface area contributed by atoms with Gasteiger partial charge in [-0.2, -0.15) is 0 Å². The van der Waals surface area contributed by atoms with E-state index in [1.165, 1.54) is 4.90 Å². The number of benzene rings is 1. The van der Waals surface area contributed by atoms with Crippen LogP contribution in [0, 0.1) is 11.8 Å². The lowest BCUT2D eigenvalue weighted by Gasteiger charge is -2.39. The molecule has 10 nitrogen and oxygen atoms in total. The van der Waals surface area contributed by atoms with Crippen molar-refractivity contribution in [3.8, 4) is 0 Å². The van der Waals surface area contributed by atoms with Gasteiger partial charge in [0.2, 0.25) is 17.7 Å². The molecule has 3 aliphatic heterocycles. The van der Waals surface area contributed by atoms with E-state index < -0.39 is 53.6 Å². The summed E-state index contributed by atoms with van der Waals surface area (Å²) in [6.07, 6.45) is 6.22. The van der Waals surface area contributed by atoms with Gasteiger partial charge < -0.3 is 29.7 Å². The zero-order valence-electron chi connectivity index (χ0n) is 26.9. The fraction of sp³-hybridized carbons (Fsp3) is 0.600. The summed E-state index contributed by atoms with van der Waals surface area (Å²) < 4.78 is 12.4. The molecule has 1 aromatic carbocycles. The summed E-state index contributed by atoms with van der Waals surface area (Å²) >= 11 is 3.70. The number of ether oxygens (including phenoxy) is 2. The summed E-state index contributed by atoms with van der Waals surface area (Å²) in [5, 5.41) is 13.5. The standard InChI is InChI=1S/C35H48BrN3O7/c1-5-8-13-18-38(17-7-3)33(43)31-35-20-26(36)30(46-35)28(34(44)45-23(4)21-37-27(41)16-9-6-2)29(35)32(42)39(31)25(22-40)19-24-14-11-10-12-15-24/h6-7,10-12,14-15,23,25-26,28-31,40H,2-3,5,8-9,13,16-22H2,1,4H3,(H,37,41)/t23-,25+,26?,28-,29+,30-,31-,35+/m0/s1. The Labute approximate surface area is 280 Å². The molecule has 1 spiro atoms. The molecule has 3 saturated heterocycles. The van der Waals surface area contributed by atoms with Crippen molar-refractivity contribution in [2.45, 2.75) is 93.5 Å². The lowest BCUT2D eigenvalue weighted by molar-refractivity contribution is -0.160. The van der Waals surface area contributed by atoms with Crippen LogP contribution in [0.15, 0.2) is 55.6 Å². The minimum Gasteiger partial charge on any atom is -0.460 e. The van der Waals surface area contributed by atoms with E-state index in [4.69, 9.17) is 9.47 Å². The van der Waals surface area contributed by atoms with Crippen molar-refractivity contribution >= 4 is 39.6 Å². The average molecular weight is 703 g/mol. The van der Waals surface area contributed by atoms with Crippen LogP contribution in [0.5, 0.6) is 0 Å². The fourth-order valence-corrected chi connectivity index (χ4v) is 8.16. The summed E-state index contributed by atoms with van der Waals surface area (Å²) in [5.41, 5.74) is -0.378. The van der Waals surface area contributed by atoms with Crippen molar-refractivity contribution in [2.75, 3.05) is 26.2 Å². The first kappa shape index (κ1) is 35.8. The Kier molecular flexibility index (Phi) is 12.6. The maximum atomic E-state index is 14.6. The Morgan fingerprint density at radius 1 is 1.24 bits per heavy atom. The number of amides is 3.